The van der Waals surface area contributed by atoms with Crippen LogP contribution in [0.1, 0.15) is 42.0 Å². The number of rotatable bonds is 5. The predicted molar refractivity (Wildman–Crippen MR) is 113 cm³/mol. The van der Waals surface area contributed by atoms with Crippen LogP contribution in [0.2, 0.25) is 0 Å². The van der Waals surface area contributed by atoms with Crippen molar-refractivity contribution in [3.63, 3.8) is 0 Å². The summed E-state index contributed by atoms with van der Waals surface area (Å²) in [5.74, 6) is 0. The van der Waals surface area contributed by atoms with Crippen molar-refractivity contribution in [3.05, 3.63) is 81.3 Å². The number of cyclic esters (lactones) is 1. The lowest BCUT2D eigenvalue weighted by atomic mass is 9.83. The molecule has 0 radical (unpaired) electrons. The monoisotopic (exact) mass is 427 g/mol. The SMILES string of the molecule is C=C(C)CC1(c2ccccc2)CCN(Cc2c(C)cc(Br)cc2C)C(=O)O1. The molecule has 0 saturated carbocycles. The van der Waals surface area contributed by atoms with Crippen molar-refractivity contribution in [2.45, 2.75) is 45.8 Å². The number of hydrogen-bond acceptors (Lipinski definition) is 2. The zero-order valence-electron chi connectivity index (χ0n) is 16.2. The highest BCUT2D eigenvalue weighted by molar-refractivity contribution is 9.10. The molecule has 1 fully saturated rings. The largest absolute Gasteiger partial charge is 0.437 e. The molecule has 1 amide bonds. The average molecular weight is 428 g/mol. The van der Waals surface area contributed by atoms with E-state index in [1.54, 1.807) is 0 Å². The van der Waals surface area contributed by atoms with Gasteiger partial charge in [-0.3, -0.25) is 0 Å². The van der Waals surface area contributed by atoms with Gasteiger partial charge in [-0.05, 0) is 55.2 Å². The Labute approximate surface area is 170 Å². The Kier molecular flexibility index (Phi) is 5.75. The maximum Gasteiger partial charge on any atom is 0.410 e. The summed E-state index contributed by atoms with van der Waals surface area (Å²) in [5.41, 5.74) is 4.97. The minimum atomic E-state index is -0.621. The molecule has 1 aliphatic heterocycles. The van der Waals surface area contributed by atoms with Crippen molar-refractivity contribution in [1.29, 1.82) is 0 Å². The Morgan fingerprint density at radius 3 is 2.41 bits per heavy atom. The van der Waals surface area contributed by atoms with Crippen LogP contribution in [0.4, 0.5) is 4.79 Å². The summed E-state index contributed by atoms with van der Waals surface area (Å²) in [6.45, 7) is 11.4. The van der Waals surface area contributed by atoms with E-state index in [2.05, 4.69) is 48.5 Å². The first-order valence-electron chi connectivity index (χ1n) is 9.24. The van der Waals surface area contributed by atoms with E-state index in [1.165, 1.54) is 16.7 Å². The van der Waals surface area contributed by atoms with Gasteiger partial charge in [-0.1, -0.05) is 58.4 Å². The number of hydrogen-bond donors (Lipinski definition) is 0. The highest BCUT2D eigenvalue weighted by atomic mass is 79.9. The molecule has 1 saturated heterocycles. The topological polar surface area (TPSA) is 29.5 Å². The molecule has 0 bridgehead atoms. The second-order valence-corrected chi connectivity index (χ2v) is 8.47. The van der Waals surface area contributed by atoms with Crippen molar-refractivity contribution in [2.24, 2.45) is 0 Å². The van der Waals surface area contributed by atoms with Crippen molar-refractivity contribution in [3.8, 4) is 0 Å². The second-order valence-electron chi connectivity index (χ2n) is 7.55. The molecule has 4 heteroatoms. The molecule has 1 heterocycles. The fourth-order valence-electron chi connectivity index (χ4n) is 3.87. The summed E-state index contributed by atoms with van der Waals surface area (Å²) in [7, 11) is 0. The quantitative estimate of drug-likeness (QED) is 0.526. The molecule has 1 aliphatic rings. The molecule has 3 nitrogen and oxygen atoms in total. The van der Waals surface area contributed by atoms with Gasteiger partial charge in [-0.15, -0.1) is 0 Å². The lowest BCUT2D eigenvalue weighted by molar-refractivity contribution is -0.0544. The highest BCUT2D eigenvalue weighted by Gasteiger charge is 2.42. The summed E-state index contributed by atoms with van der Waals surface area (Å²) in [5, 5.41) is 0. The van der Waals surface area contributed by atoms with E-state index in [9.17, 15) is 4.79 Å². The summed E-state index contributed by atoms with van der Waals surface area (Å²) >= 11 is 3.53. The molecule has 1 atom stereocenters. The van der Waals surface area contributed by atoms with E-state index in [1.807, 2.05) is 42.2 Å². The number of ether oxygens (including phenoxy) is 1. The molecule has 3 rings (SSSR count). The van der Waals surface area contributed by atoms with Crippen LogP contribution in [0.5, 0.6) is 0 Å². The first kappa shape index (κ1) is 19.7. The number of carbonyl (C=O) groups is 1. The summed E-state index contributed by atoms with van der Waals surface area (Å²) < 4.78 is 7.14. The van der Waals surface area contributed by atoms with E-state index in [-0.39, 0.29) is 6.09 Å². The van der Waals surface area contributed by atoms with Crippen LogP contribution in [0.25, 0.3) is 0 Å². The molecule has 27 heavy (non-hydrogen) atoms. The van der Waals surface area contributed by atoms with Crippen LogP contribution in [0.3, 0.4) is 0 Å². The van der Waals surface area contributed by atoms with Crippen LogP contribution >= 0.6 is 15.9 Å². The average Bonchev–Trinajstić information content (AvgIpc) is 2.60. The fourth-order valence-corrected chi connectivity index (χ4v) is 4.56. The minimum Gasteiger partial charge on any atom is -0.437 e. The number of halogens is 1. The summed E-state index contributed by atoms with van der Waals surface area (Å²) in [6, 6.07) is 14.2. The van der Waals surface area contributed by atoms with Crippen molar-refractivity contribution >= 4 is 22.0 Å². The smallest absolute Gasteiger partial charge is 0.410 e. The van der Waals surface area contributed by atoms with Gasteiger partial charge in [0.2, 0.25) is 0 Å². The van der Waals surface area contributed by atoms with Gasteiger partial charge in [0.15, 0.2) is 0 Å². The molecule has 142 valence electrons. The Hall–Kier alpha value is -2.07. The van der Waals surface area contributed by atoms with E-state index >= 15 is 0 Å². The zero-order valence-corrected chi connectivity index (χ0v) is 17.8. The number of amides is 1. The normalized spacial score (nSPS) is 19.7. The summed E-state index contributed by atoms with van der Waals surface area (Å²) in [4.78, 5) is 14.7. The predicted octanol–water partition coefficient (Wildman–Crippen LogP) is 6.27. The Bertz CT molecular complexity index is 839. The minimum absolute atomic E-state index is 0.256. The van der Waals surface area contributed by atoms with E-state index in [0.717, 1.165) is 22.0 Å². The van der Waals surface area contributed by atoms with Crippen LogP contribution < -0.4 is 0 Å². The van der Waals surface area contributed by atoms with E-state index in [4.69, 9.17) is 4.74 Å². The highest BCUT2D eigenvalue weighted by Crippen LogP contribution is 2.39. The number of nitrogens with zero attached hydrogens (tertiary/aromatic N) is 1. The third-order valence-electron chi connectivity index (χ3n) is 5.22. The first-order chi connectivity index (χ1) is 12.8. The maximum atomic E-state index is 12.9. The van der Waals surface area contributed by atoms with Gasteiger partial charge in [0, 0.05) is 30.4 Å². The van der Waals surface area contributed by atoms with Gasteiger partial charge in [0.05, 0.1) is 0 Å². The number of aryl methyl sites for hydroxylation is 2. The molecular formula is C23H26BrNO2. The molecule has 2 aromatic carbocycles. The zero-order chi connectivity index (χ0) is 19.6. The molecule has 0 aliphatic carbocycles. The van der Waals surface area contributed by atoms with Gasteiger partial charge >= 0.3 is 6.09 Å². The Balaban J connectivity index is 1.84. The van der Waals surface area contributed by atoms with Gasteiger partial charge in [-0.25, -0.2) is 4.79 Å². The molecular weight excluding hydrogens is 402 g/mol. The van der Waals surface area contributed by atoms with Crippen LogP contribution in [0, 0.1) is 13.8 Å². The van der Waals surface area contributed by atoms with Gasteiger partial charge < -0.3 is 9.64 Å². The van der Waals surface area contributed by atoms with Crippen molar-refractivity contribution < 1.29 is 9.53 Å². The molecule has 0 aromatic heterocycles. The third-order valence-corrected chi connectivity index (χ3v) is 5.68. The second kappa shape index (κ2) is 7.89. The lowest BCUT2D eigenvalue weighted by Gasteiger charge is -2.42. The fraction of sp³-hybridized carbons (Fsp3) is 0.348. The van der Waals surface area contributed by atoms with Crippen molar-refractivity contribution in [2.75, 3.05) is 6.54 Å². The standard InChI is InChI=1S/C23H26BrNO2/c1-16(2)14-23(19-8-6-5-7-9-19)10-11-25(22(26)27-23)15-21-17(3)12-20(24)13-18(21)4/h5-9,12-13H,1,10-11,14-15H2,2-4H3. The van der Waals surface area contributed by atoms with Crippen molar-refractivity contribution in [1.82, 2.24) is 4.90 Å². The lowest BCUT2D eigenvalue weighted by Crippen LogP contribution is -2.47. The van der Waals surface area contributed by atoms with Gasteiger partial charge in [-0.2, -0.15) is 0 Å². The van der Waals surface area contributed by atoms with Gasteiger partial charge in [0.1, 0.15) is 5.60 Å². The van der Waals surface area contributed by atoms with Crippen LogP contribution in [-0.2, 0) is 16.9 Å². The number of carbonyl (C=O) groups excluding carboxylic acids is 1. The van der Waals surface area contributed by atoms with E-state index in [0.29, 0.717) is 19.5 Å². The molecule has 0 N–H and O–H groups in total. The molecule has 0 spiro atoms. The Morgan fingerprint density at radius 2 is 1.85 bits per heavy atom. The summed E-state index contributed by atoms with van der Waals surface area (Å²) in [6.07, 6.45) is 1.14. The van der Waals surface area contributed by atoms with Crippen LogP contribution in [-0.4, -0.2) is 17.5 Å². The maximum absolute atomic E-state index is 12.9. The van der Waals surface area contributed by atoms with Gasteiger partial charge in [0.25, 0.3) is 0 Å². The van der Waals surface area contributed by atoms with E-state index < -0.39 is 5.60 Å². The van der Waals surface area contributed by atoms with Crippen LogP contribution in [0.15, 0.2) is 59.1 Å². The third kappa shape index (κ3) is 4.27. The number of benzene rings is 2. The Morgan fingerprint density at radius 1 is 1.22 bits per heavy atom. The molecule has 1 unspecified atom stereocenters. The first-order valence-corrected chi connectivity index (χ1v) is 10.0. The molecule has 2 aromatic rings.